The summed E-state index contributed by atoms with van der Waals surface area (Å²) in [7, 11) is 0. The number of ether oxygens (including phenoxy) is 1. The molecule has 188 valence electrons. The second-order valence-corrected chi connectivity index (χ2v) is 7.64. The lowest BCUT2D eigenvalue weighted by molar-refractivity contribution is -0.189. The molecule has 0 bridgehead atoms. The van der Waals surface area contributed by atoms with Crippen molar-refractivity contribution in [2.24, 2.45) is 5.73 Å². The fourth-order valence-electron chi connectivity index (χ4n) is 3.36. The quantitative estimate of drug-likeness (QED) is 0.463. The number of aliphatic hydroxyl groups excluding tert-OH is 1. The molecule has 0 spiro atoms. The summed E-state index contributed by atoms with van der Waals surface area (Å²) in [5.74, 6) is -5.07. The molecule has 14 heteroatoms. The molecule has 3 aromatic rings. The van der Waals surface area contributed by atoms with Crippen molar-refractivity contribution < 1.29 is 36.6 Å². The van der Waals surface area contributed by atoms with Crippen molar-refractivity contribution >= 4 is 17.5 Å². The molecule has 1 unspecified atom stereocenters. The molecule has 2 aromatic carbocycles. The van der Waals surface area contributed by atoms with E-state index < -0.39 is 75.3 Å². The number of hydrogen-bond donors (Lipinski definition) is 2. The topological polar surface area (TPSA) is 112 Å². The number of alkyl halides is 3. The molecule has 8 nitrogen and oxygen atoms in total. The third-order valence-corrected chi connectivity index (χ3v) is 5.36. The molecule has 1 aromatic heterocycles. The lowest BCUT2D eigenvalue weighted by Gasteiger charge is -2.24. The molecule has 0 aliphatic heterocycles. The van der Waals surface area contributed by atoms with E-state index in [-0.39, 0.29) is 12.4 Å². The molecule has 1 amide bonds. The van der Waals surface area contributed by atoms with Gasteiger partial charge in [0.2, 0.25) is 0 Å². The Balaban J connectivity index is 2.57. The first-order valence-corrected chi connectivity index (χ1v) is 10.3. The van der Waals surface area contributed by atoms with Gasteiger partial charge in [-0.3, -0.25) is 9.36 Å². The van der Waals surface area contributed by atoms with Crippen LogP contribution in [-0.2, 0) is 13.2 Å². The molecule has 0 aliphatic carbocycles. The van der Waals surface area contributed by atoms with E-state index in [1.165, 1.54) is 13.0 Å². The zero-order valence-electron chi connectivity index (χ0n) is 18.2. The van der Waals surface area contributed by atoms with Crippen molar-refractivity contribution in [3.05, 3.63) is 62.8 Å². The first-order valence-electron chi connectivity index (χ1n) is 9.97. The van der Waals surface area contributed by atoms with Crippen molar-refractivity contribution in [1.82, 2.24) is 14.3 Å². The number of aliphatic hydroxyl groups is 1. The summed E-state index contributed by atoms with van der Waals surface area (Å²) in [6.45, 7) is 1.36. The van der Waals surface area contributed by atoms with E-state index in [9.17, 15) is 27.9 Å². The van der Waals surface area contributed by atoms with Crippen LogP contribution in [0.2, 0.25) is 5.02 Å². The van der Waals surface area contributed by atoms with E-state index in [1.54, 1.807) is 0 Å². The van der Waals surface area contributed by atoms with Crippen LogP contribution in [-0.4, -0.2) is 37.6 Å². The van der Waals surface area contributed by atoms with Crippen molar-refractivity contribution in [1.29, 1.82) is 0 Å². The largest absolute Gasteiger partial charge is 0.480 e. The van der Waals surface area contributed by atoms with Gasteiger partial charge >= 0.3 is 11.9 Å². The van der Waals surface area contributed by atoms with E-state index in [2.05, 4.69) is 5.10 Å². The van der Waals surface area contributed by atoms with Gasteiger partial charge in [0.15, 0.2) is 17.7 Å². The fourth-order valence-corrected chi connectivity index (χ4v) is 3.62. The van der Waals surface area contributed by atoms with Crippen LogP contribution in [0.25, 0.3) is 16.8 Å². The molecule has 3 rings (SSSR count). The minimum absolute atomic E-state index is 0.0139. The zero-order valence-corrected chi connectivity index (χ0v) is 18.9. The van der Waals surface area contributed by atoms with E-state index in [1.807, 2.05) is 0 Å². The summed E-state index contributed by atoms with van der Waals surface area (Å²) in [5.41, 5.74) is 1.07. The number of primary amides is 1. The normalized spacial score (nSPS) is 12.6. The number of rotatable bonds is 7. The van der Waals surface area contributed by atoms with Gasteiger partial charge in [-0.2, -0.15) is 17.9 Å². The van der Waals surface area contributed by atoms with Crippen LogP contribution >= 0.6 is 11.6 Å². The summed E-state index contributed by atoms with van der Waals surface area (Å²) in [6, 6.07) is 3.66. The van der Waals surface area contributed by atoms with E-state index in [0.717, 1.165) is 16.7 Å². The Labute approximate surface area is 199 Å². The smallest absolute Gasteiger partial charge is 0.425 e. The van der Waals surface area contributed by atoms with Crippen molar-refractivity contribution in [2.45, 2.75) is 39.3 Å². The molecule has 1 heterocycles. The highest BCUT2D eigenvalue weighted by molar-refractivity contribution is 6.33. The predicted molar refractivity (Wildman–Crippen MR) is 114 cm³/mol. The van der Waals surface area contributed by atoms with Crippen LogP contribution in [0.1, 0.15) is 30.0 Å². The van der Waals surface area contributed by atoms with Gasteiger partial charge in [-0.25, -0.2) is 13.6 Å². The number of nitrogens with two attached hydrogens (primary N) is 1. The summed E-state index contributed by atoms with van der Waals surface area (Å²) in [5, 5.41) is 13.0. The number of aromatic nitrogens is 3. The Morgan fingerprint density at radius 3 is 2.40 bits per heavy atom. The molecule has 0 radical (unpaired) electrons. The predicted octanol–water partition coefficient (Wildman–Crippen LogP) is 3.57. The maximum absolute atomic E-state index is 15.5. The number of benzene rings is 2. The highest BCUT2D eigenvalue weighted by Gasteiger charge is 2.40. The highest BCUT2D eigenvalue weighted by atomic mass is 35.5. The second kappa shape index (κ2) is 9.66. The molecule has 0 saturated carbocycles. The maximum Gasteiger partial charge on any atom is 0.425 e. The van der Waals surface area contributed by atoms with E-state index in [4.69, 9.17) is 22.1 Å². The van der Waals surface area contributed by atoms with Crippen LogP contribution in [0.3, 0.4) is 0 Å². The fraction of sp³-hybridized carbons (Fsp3) is 0.286. The molecule has 0 fully saturated rings. The SMILES string of the molecule is CCn1c(CO)nn(-c2c(F)cc(C(N)=O)c(OC(C)C(F)(F)F)c2-c2c(F)cccc2Cl)c1=O. The Hall–Kier alpha value is -3.45. The third kappa shape index (κ3) is 4.73. The van der Waals surface area contributed by atoms with Gasteiger partial charge in [-0.1, -0.05) is 17.7 Å². The highest BCUT2D eigenvalue weighted by Crippen LogP contribution is 2.45. The monoisotopic (exact) mass is 520 g/mol. The van der Waals surface area contributed by atoms with Gasteiger partial charge in [-0.05, 0) is 32.0 Å². The van der Waals surface area contributed by atoms with Gasteiger partial charge in [0.1, 0.15) is 23.9 Å². The Morgan fingerprint density at radius 1 is 1.26 bits per heavy atom. The molecular formula is C21H18ClF5N4O4. The van der Waals surface area contributed by atoms with Gasteiger partial charge in [-0.15, -0.1) is 5.10 Å². The number of hydrogen-bond acceptors (Lipinski definition) is 5. The summed E-state index contributed by atoms with van der Waals surface area (Å²) in [6.07, 6.45) is -7.52. The molecule has 0 saturated heterocycles. The van der Waals surface area contributed by atoms with Crippen LogP contribution in [0.5, 0.6) is 5.75 Å². The maximum atomic E-state index is 15.5. The van der Waals surface area contributed by atoms with Gasteiger partial charge in [0.25, 0.3) is 5.91 Å². The van der Waals surface area contributed by atoms with Crippen LogP contribution in [0.15, 0.2) is 29.1 Å². The molecular weight excluding hydrogens is 503 g/mol. The summed E-state index contributed by atoms with van der Waals surface area (Å²) >= 11 is 6.13. The van der Waals surface area contributed by atoms with Gasteiger partial charge in [0.05, 0.1) is 16.1 Å². The summed E-state index contributed by atoms with van der Waals surface area (Å²) < 4.78 is 76.9. The number of halogens is 6. The average Bonchev–Trinajstić information content (AvgIpc) is 3.09. The van der Waals surface area contributed by atoms with E-state index >= 15 is 8.78 Å². The average molecular weight is 521 g/mol. The summed E-state index contributed by atoms with van der Waals surface area (Å²) in [4.78, 5) is 25.0. The zero-order chi connectivity index (χ0) is 26.2. The Kier molecular flexibility index (Phi) is 7.22. The number of nitrogens with zero attached hydrogens (tertiary/aromatic N) is 3. The van der Waals surface area contributed by atoms with E-state index in [0.29, 0.717) is 17.7 Å². The molecule has 1 atom stereocenters. The van der Waals surface area contributed by atoms with Crippen LogP contribution < -0.4 is 16.2 Å². The third-order valence-electron chi connectivity index (χ3n) is 5.05. The van der Waals surface area contributed by atoms with Crippen molar-refractivity contribution in [2.75, 3.05) is 0 Å². The lowest BCUT2D eigenvalue weighted by Crippen LogP contribution is -2.33. The standard InChI is InChI=1S/C21H18ClF5N4O4/c1-3-30-14(8-32)29-31(20(30)34)17-13(24)7-10(19(28)33)18(35-9(2)21(25,26)27)16(17)15-11(22)5-4-6-12(15)23/h4-7,9,32H,3,8H2,1-2H3,(H2,28,33). The van der Waals surface area contributed by atoms with Crippen LogP contribution in [0.4, 0.5) is 22.0 Å². The first kappa shape index (κ1) is 26.2. The molecule has 0 aliphatic rings. The number of carbonyl (C=O) groups is 1. The lowest BCUT2D eigenvalue weighted by atomic mass is 9.97. The number of amides is 1. The first-order chi connectivity index (χ1) is 16.3. The van der Waals surface area contributed by atoms with Crippen molar-refractivity contribution in [3.8, 4) is 22.6 Å². The Morgan fingerprint density at radius 2 is 1.91 bits per heavy atom. The van der Waals surface area contributed by atoms with Crippen LogP contribution in [0, 0.1) is 11.6 Å². The number of carbonyl (C=O) groups excluding carboxylic acids is 1. The second-order valence-electron chi connectivity index (χ2n) is 7.23. The molecule has 35 heavy (non-hydrogen) atoms. The van der Waals surface area contributed by atoms with Gasteiger partial charge in [0, 0.05) is 12.1 Å². The Bertz CT molecular complexity index is 1330. The minimum atomic E-state index is -4.95. The minimum Gasteiger partial charge on any atom is -0.480 e. The van der Waals surface area contributed by atoms with Gasteiger partial charge < -0.3 is 15.6 Å². The van der Waals surface area contributed by atoms with Crippen molar-refractivity contribution in [3.63, 3.8) is 0 Å². The molecule has 3 N–H and O–H groups in total.